The molecule has 2 saturated heterocycles. The van der Waals surface area contributed by atoms with E-state index >= 15 is 0 Å². The summed E-state index contributed by atoms with van der Waals surface area (Å²) in [6.07, 6.45) is 3.31. The van der Waals surface area contributed by atoms with Crippen molar-refractivity contribution >= 4 is 23.7 Å². The minimum absolute atomic E-state index is 0.0386. The van der Waals surface area contributed by atoms with Gasteiger partial charge in [-0.3, -0.25) is 14.6 Å². The molecule has 238 valence electrons. The summed E-state index contributed by atoms with van der Waals surface area (Å²) in [6, 6.07) is 10.0. The number of carbonyl (C=O) groups is 2. The Labute approximate surface area is 258 Å². The van der Waals surface area contributed by atoms with Crippen molar-refractivity contribution in [3.8, 4) is 11.5 Å². The topological polar surface area (TPSA) is 98.9 Å². The highest BCUT2D eigenvalue weighted by molar-refractivity contribution is 5.84. The van der Waals surface area contributed by atoms with Crippen molar-refractivity contribution in [2.24, 2.45) is 0 Å². The maximum Gasteiger partial charge on any atom is 0.314 e. The number of hydrogen-bond donors (Lipinski definition) is 0. The molecule has 0 atom stereocenters. The number of pyridine rings is 1. The normalized spacial score (nSPS) is 16.4. The highest BCUT2D eigenvalue weighted by Gasteiger charge is 2.27. The molecule has 2 fully saturated rings. The van der Waals surface area contributed by atoms with Crippen LogP contribution in [0.15, 0.2) is 40.9 Å². The van der Waals surface area contributed by atoms with Crippen molar-refractivity contribution in [2.75, 3.05) is 50.1 Å². The summed E-state index contributed by atoms with van der Waals surface area (Å²) in [5.41, 5.74) is 4.03. The SMILES string of the molecule is CC.CC(=O)N1CCC(c2ccc(N(C=O)Cc3ccc(-c4nnc(C(F)F)o4)cn3)c(N(C)C3CCN(C)CC3)c2)CC1. The van der Waals surface area contributed by atoms with Gasteiger partial charge in [-0.05, 0) is 81.6 Å². The van der Waals surface area contributed by atoms with Gasteiger partial charge in [0.1, 0.15) is 0 Å². The van der Waals surface area contributed by atoms with Gasteiger partial charge in [-0.2, -0.15) is 8.78 Å². The Balaban J connectivity index is 0.00000216. The Morgan fingerprint density at radius 1 is 1.05 bits per heavy atom. The van der Waals surface area contributed by atoms with Crippen LogP contribution < -0.4 is 9.80 Å². The third-order valence-corrected chi connectivity index (χ3v) is 8.49. The van der Waals surface area contributed by atoms with Gasteiger partial charge < -0.3 is 24.0 Å². The molecule has 0 unspecified atom stereocenters. The van der Waals surface area contributed by atoms with Gasteiger partial charge in [0.2, 0.25) is 18.2 Å². The van der Waals surface area contributed by atoms with Crippen LogP contribution >= 0.6 is 0 Å². The first-order valence-electron chi connectivity index (χ1n) is 15.3. The van der Waals surface area contributed by atoms with Crippen LogP contribution in [-0.4, -0.2) is 83.6 Å². The summed E-state index contributed by atoms with van der Waals surface area (Å²) in [6.45, 7) is 9.36. The summed E-state index contributed by atoms with van der Waals surface area (Å²) in [5, 5.41) is 7.03. The van der Waals surface area contributed by atoms with Gasteiger partial charge in [-0.15, -0.1) is 10.2 Å². The lowest BCUT2D eigenvalue weighted by Gasteiger charge is -2.38. The van der Waals surface area contributed by atoms with Crippen LogP contribution in [-0.2, 0) is 16.1 Å². The van der Waals surface area contributed by atoms with Crippen LogP contribution in [0, 0.1) is 0 Å². The third-order valence-electron chi connectivity index (χ3n) is 8.49. The van der Waals surface area contributed by atoms with Gasteiger partial charge in [0.05, 0.1) is 29.2 Å². The summed E-state index contributed by atoms with van der Waals surface area (Å²) in [5.74, 6) is -0.322. The van der Waals surface area contributed by atoms with E-state index < -0.39 is 12.3 Å². The molecule has 2 aliphatic heterocycles. The predicted molar refractivity (Wildman–Crippen MR) is 166 cm³/mol. The maximum absolute atomic E-state index is 12.8. The minimum atomic E-state index is -2.85. The number of halogens is 2. The second-order valence-electron chi connectivity index (χ2n) is 11.2. The lowest BCUT2D eigenvalue weighted by molar-refractivity contribution is -0.129. The van der Waals surface area contributed by atoms with Crippen molar-refractivity contribution in [2.45, 2.75) is 71.4 Å². The number of aromatic nitrogens is 3. The average Bonchev–Trinajstić information content (AvgIpc) is 3.56. The number of carbonyl (C=O) groups excluding carboxylic acids is 2. The third kappa shape index (κ3) is 7.77. The Morgan fingerprint density at radius 3 is 2.32 bits per heavy atom. The van der Waals surface area contributed by atoms with E-state index in [0.29, 0.717) is 23.2 Å². The van der Waals surface area contributed by atoms with E-state index in [4.69, 9.17) is 4.42 Å². The number of nitrogens with zero attached hydrogens (tertiary/aromatic N) is 7. The number of likely N-dealkylation sites (tertiary alicyclic amines) is 2. The van der Waals surface area contributed by atoms with E-state index in [9.17, 15) is 18.4 Å². The monoisotopic (exact) mass is 611 g/mol. The first kappa shape index (κ1) is 33.0. The minimum Gasteiger partial charge on any atom is -0.415 e. The lowest BCUT2D eigenvalue weighted by atomic mass is 9.88. The van der Waals surface area contributed by atoms with Crippen molar-refractivity contribution in [3.05, 3.63) is 53.7 Å². The molecule has 12 heteroatoms. The van der Waals surface area contributed by atoms with E-state index in [2.05, 4.69) is 51.2 Å². The Bertz CT molecular complexity index is 1370. The zero-order valence-corrected chi connectivity index (χ0v) is 26.2. The van der Waals surface area contributed by atoms with Gasteiger partial charge in [0.15, 0.2) is 0 Å². The molecule has 2 aromatic heterocycles. The average molecular weight is 612 g/mol. The number of hydrogen-bond acceptors (Lipinski definition) is 8. The van der Waals surface area contributed by atoms with Gasteiger partial charge in [0, 0.05) is 39.3 Å². The molecule has 4 heterocycles. The van der Waals surface area contributed by atoms with Crippen molar-refractivity contribution < 1.29 is 22.8 Å². The molecule has 0 radical (unpaired) electrons. The first-order chi connectivity index (χ1) is 21.2. The summed E-state index contributed by atoms with van der Waals surface area (Å²) in [4.78, 5) is 36.9. The Morgan fingerprint density at radius 2 is 1.75 bits per heavy atom. The molecule has 0 spiro atoms. The van der Waals surface area contributed by atoms with Gasteiger partial charge in [-0.1, -0.05) is 19.9 Å². The highest BCUT2D eigenvalue weighted by Crippen LogP contribution is 2.38. The molecule has 0 bridgehead atoms. The molecule has 2 aliphatic rings. The second-order valence-corrected chi connectivity index (χ2v) is 11.2. The number of anilines is 2. The van der Waals surface area contributed by atoms with E-state index in [-0.39, 0.29) is 18.3 Å². The molecule has 5 rings (SSSR count). The molecule has 0 saturated carbocycles. The van der Waals surface area contributed by atoms with Crippen LogP contribution in [0.1, 0.15) is 75.9 Å². The van der Waals surface area contributed by atoms with E-state index in [0.717, 1.165) is 69.6 Å². The maximum atomic E-state index is 12.8. The smallest absolute Gasteiger partial charge is 0.314 e. The Kier molecular flexibility index (Phi) is 11.4. The molecule has 0 aliphatic carbocycles. The van der Waals surface area contributed by atoms with Crippen LogP contribution in [0.2, 0.25) is 0 Å². The largest absolute Gasteiger partial charge is 0.415 e. The molecule has 2 amide bonds. The quantitative estimate of drug-likeness (QED) is 0.292. The van der Waals surface area contributed by atoms with Crippen molar-refractivity contribution in [3.63, 3.8) is 0 Å². The predicted octanol–water partition coefficient (Wildman–Crippen LogP) is 5.51. The number of alkyl halides is 2. The molecular weight excluding hydrogens is 568 g/mol. The number of amides is 2. The van der Waals surface area contributed by atoms with E-state index in [1.165, 1.54) is 11.8 Å². The Hall–Kier alpha value is -3.93. The molecule has 44 heavy (non-hydrogen) atoms. The molecular formula is C32H43F2N7O3. The van der Waals surface area contributed by atoms with Crippen LogP contribution in [0.3, 0.4) is 0 Å². The van der Waals surface area contributed by atoms with Crippen molar-refractivity contribution in [1.82, 2.24) is 25.0 Å². The molecule has 3 aromatic rings. The van der Waals surface area contributed by atoms with Gasteiger partial charge in [0.25, 0.3) is 5.89 Å². The fourth-order valence-corrected chi connectivity index (χ4v) is 5.86. The zero-order valence-electron chi connectivity index (χ0n) is 26.2. The number of benzene rings is 1. The zero-order chi connectivity index (χ0) is 31.8. The number of rotatable bonds is 9. The van der Waals surface area contributed by atoms with E-state index in [1.54, 1.807) is 24.0 Å². The highest BCUT2D eigenvalue weighted by atomic mass is 19.3. The molecule has 1 aromatic carbocycles. The fourth-order valence-electron chi connectivity index (χ4n) is 5.86. The number of piperidine rings is 2. The van der Waals surface area contributed by atoms with Crippen LogP contribution in [0.5, 0.6) is 0 Å². The van der Waals surface area contributed by atoms with Gasteiger partial charge >= 0.3 is 6.43 Å². The van der Waals surface area contributed by atoms with Crippen molar-refractivity contribution in [1.29, 1.82) is 0 Å². The molecule has 0 N–H and O–H groups in total. The second kappa shape index (κ2) is 15.2. The standard InChI is InChI=1S/C30H37F2N7O3.C2H6/c1-20(41)38-14-8-21(9-15-38)22-5-7-26(27(16-22)37(3)25-10-12-36(2)13-11-25)39(19-40)18-24-6-4-23(17-33-24)29-34-35-30(42-29)28(31)32;1-2/h4-7,16-17,19,21,25,28H,8-15,18H2,1-3H3;1-2H3. The lowest BCUT2D eigenvalue weighted by Crippen LogP contribution is -2.42. The van der Waals surface area contributed by atoms with Crippen LogP contribution in [0.4, 0.5) is 20.2 Å². The summed E-state index contributed by atoms with van der Waals surface area (Å²) >= 11 is 0. The van der Waals surface area contributed by atoms with E-state index in [1.807, 2.05) is 24.8 Å². The molecule has 10 nitrogen and oxygen atoms in total. The fraction of sp³-hybridized carbons (Fsp3) is 0.531. The summed E-state index contributed by atoms with van der Waals surface area (Å²) < 4.78 is 30.7. The first-order valence-corrected chi connectivity index (χ1v) is 15.3. The summed E-state index contributed by atoms with van der Waals surface area (Å²) in [7, 11) is 4.24. The van der Waals surface area contributed by atoms with Gasteiger partial charge in [-0.25, -0.2) is 0 Å². The van der Waals surface area contributed by atoms with Crippen LogP contribution in [0.25, 0.3) is 11.5 Å².